The number of aromatic nitrogens is 1. The molecule has 1 heterocycles. The molecule has 0 spiro atoms. The molecule has 0 aliphatic heterocycles. The Bertz CT molecular complexity index is 699. The zero-order valence-electron chi connectivity index (χ0n) is 11.4. The van der Waals surface area contributed by atoms with Gasteiger partial charge in [0, 0.05) is 18.9 Å². The van der Waals surface area contributed by atoms with Crippen molar-refractivity contribution >= 4 is 15.7 Å². The second kappa shape index (κ2) is 6.02. The van der Waals surface area contributed by atoms with Gasteiger partial charge in [0.1, 0.15) is 0 Å². The van der Waals surface area contributed by atoms with Gasteiger partial charge in [0.05, 0.1) is 10.6 Å². The van der Waals surface area contributed by atoms with Crippen molar-refractivity contribution in [1.29, 1.82) is 0 Å². The third kappa shape index (κ3) is 3.15. The number of sulfonamides is 1. The molecule has 1 aromatic heterocycles. The Kier molecular flexibility index (Phi) is 4.36. The Morgan fingerprint density at radius 3 is 2.65 bits per heavy atom. The van der Waals surface area contributed by atoms with Crippen LogP contribution in [0.25, 0.3) is 0 Å². The van der Waals surface area contributed by atoms with E-state index in [9.17, 15) is 8.42 Å². The zero-order chi connectivity index (χ0) is 14.6. The van der Waals surface area contributed by atoms with Gasteiger partial charge in [-0.1, -0.05) is 18.2 Å². The first kappa shape index (κ1) is 14.5. The van der Waals surface area contributed by atoms with Gasteiger partial charge in [-0.05, 0) is 37.2 Å². The normalized spacial score (nSPS) is 11.3. The van der Waals surface area contributed by atoms with Crippen LogP contribution in [0, 0.1) is 6.92 Å². The second-order valence-electron chi connectivity index (χ2n) is 4.43. The van der Waals surface area contributed by atoms with E-state index in [-0.39, 0.29) is 4.90 Å². The van der Waals surface area contributed by atoms with Crippen LogP contribution < -0.4 is 10.0 Å². The zero-order valence-corrected chi connectivity index (χ0v) is 12.2. The predicted octanol–water partition coefficient (Wildman–Crippen LogP) is 1.91. The molecule has 6 heteroatoms. The fourth-order valence-electron chi connectivity index (χ4n) is 1.89. The maximum absolute atomic E-state index is 12.5. The largest absolute Gasteiger partial charge is 0.316 e. The summed E-state index contributed by atoms with van der Waals surface area (Å²) in [5.74, 6) is 0. The number of aryl methyl sites for hydroxylation is 1. The minimum Gasteiger partial charge on any atom is -0.316 e. The molecule has 0 aliphatic rings. The van der Waals surface area contributed by atoms with Crippen LogP contribution in [0.5, 0.6) is 0 Å². The molecule has 0 amide bonds. The van der Waals surface area contributed by atoms with Crippen LogP contribution in [-0.4, -0.2) is 20.4 Å². The lowest BCUT2D eigenvalue weighted by Gasteiger charge is -2.13. The molecule has 0 bridgehead atoms. The monoisotopic (exact) mass is 291 g/mol. The van der Waals surface area contributed by atoms with E-state index in [1.165, 1.54) is 0 Å². The van der Waals surface area contributed by atoms with E-state index in [1.807, 2.05) is 13.0 Å². The van der Waals surface area contributed by atoms with E-state index >= 15 is 0 Å². The standard InChI is InChI=1S/C14H17N3O2S/c1-11-9-16-8-7-13(11)17-20(18,19)14-6-4-3-5-12(14)10-15-2/h3-9,15H,10H2,1-2H3,(H,16,17). The van der Waals surface area contributed by atoms with Crippen LogP contribution in [0.3, 0.4) is 0 Å². The van der Waals surface area contributed by atoms with Crippen molar-refractivity contribution in [2.75, 3.05) is 11.8 Å². The summed E-state index contributed by atoms with van der Waals surface area (Å²) in [4.78, 5) is 4.23. The molecule has 1 aromatic carbocycles. The molecule has 0 fully saturated rings. The maximum Gasteiger partial charge on any atom is 0.262 e. The molecule has 0 aliphatic carbocycles. The van der Waals surface area contributed by atoms with Crippen LogP contribution in [0.4, 0.5) is 5.69 Å². The summed E-state index contributed by atoms with van der Waals surface area (Å²) in [6.07, 6.45) is 3.18. The van der Waals surface area contributed by atoms with Crippen molar-refractivity contribution < 1.29 is 8.42 Å². The van der Waals surface area contributed by atoms with Crippen molar-refractivity contribution in [2.24, 2.45) is 0 Å². The molecule has 2 rings (SSSR count). The second-order valence-corrected chi connectivity index (χ2v) is 6.08. The highest BCUT2D eigenvalue weighted by atomic mass is 32.2. The fourth-order valence-corrected chi connectivity index (χ4v) is 3.26. The van der Waals surface area contributed by atoms with Gasteiger partial charge >= 0.3 is 0 Å². The van der Waals surface area contributed by atoms with Crippen molar-refractivity contribution in [3.8, 4) is 0 Å². The number of rotatable bonds is 5. The van der Waals surface area contributed by atoms with Crippen molar-refractivity contribution in [3.05, 3.63) is 53.9 Å². The molecule has 2 N–H and O–H groups in total. The summed E-state index contributed by atoms with van der Waals surface area (Å²) in [7, 11) is -1.82. The Morgan fingerprint density at radius 1 is 1.20 bits per heavy atom. The SMILES string of the molecule is CNCc1ccccc1S(=O)(=O)Nc1ccncc1C. The topological polar surface area (TPSA) is 71.1 Å². The highest BCUT2D eigenvalue weighted by Crippen LogP contribution is 2.21. The van der Waals surface area contributed by atoms with Gasteiger partial charge in [-0.3, -0.25) is 9.71 Å². The predicted molar refractivity (Wildman–Crippen MR) is 79.0 cm³/mol. The van der Waals surface area contributed by atoms with E-state index in [2.05, 4.69) is 15.0 Å². The van der Waals surface area contributed by atoms with E-state index in [0.29, 0.717) is 12.2 Å². The molecule has 2 aromatic rings. The van der Waals surface area contributed by atoms with Crippen molar-refractivity contribution in [1.82, 2.24) is 10.3 Å². The summed E-state index contributed by atoms with van der Waals surface area (Å²) >= 11 is 0. The highest BCUT2D eigenvalue weighted by molar-refractivity contribution is 7.92. The lowest BCUT2D eigenvalue weighted by Crippen LogP contribution is -2.17. The van der Waals surface area contributed by atoms with Crippen LogP contribution >= 0.6 is 0 Å². The molecule has 5 nitrogen and oxygen atoms in total. The van der Waals surface area contributed by atoms with Crippen LogP contribution in [0.2, 0.25) is 0 Å². The molecular weight excluding hydrogens is 274 g/mol. The number of hydrogen-bond donors (Lipinski definition) is 2. The van der Waals surface area contributed by atoms with Crippen LogP contribution in [0.15, 0.2) is 47.6 Å². The average Bonchev–Trinajstić information content (AvgIpc) is 2.42. The first-order valence-corrected chi connectivity index (χ1v) is 7.69. The summed E-state index contributed by atoms with van der Waals surface area (Å²) in [6.45, 7) is 2.30. The van der Waals surface area contributed by atoms with E-state index < -0.39 is 10.0 Å². The van der Waals surface area contributed by atoms with Crippen LogP contribution in [-0.2, 0) is 16.6 Å². The van der Waals surface area contributed by atoms with Gasteiger partial charge < -0.3 is 5.32 Å². The molecule has 106 valence electrons. The van der Waals surface area contributed by atoms with Gasteiger partial charge in [-0.25, -0.2) is 8.42 Å². The maximum atomic E-state index is 12.5. The number of hydrogen-bond acceptors (Lipinski definition) is 4. The molecular formula is C14H17N3O2S. The molecule has 0 radical (unpaired) electrons. The Balaban J connectivity index is 2.39. The molecule has 0 unspecified atom stereocenters. The van der Waals surface area contributed by atoms with E-state index in [0.717, 1.165) is 11.1 Å². The smallest absolute Gasteiger partial charge is 0.262 e. The van der Waals surface area contributed by atoms with Crippen molar-refractivity contribution in [2.45, 2.75) is 18.4 Å². The quantitative estimate of drug-likeness (QED) is 0.883. The van der Waals surface area contributed by atoms with Crippen molar-refractivity contribution in [3.63, 3.8) is 0 Å². The summed E-state index contributed by atoms with van der Waals surface area (Å²) in [6, 6.07) is 8.58. The molecule has 0 atom stereocenters. The molecule has 0 saturated heterocycles. The fraction of sp³-hybridized carbons (Fsp3) is 0.214. The Hall–Kier alpha value is -1.92. The number of benzene rings is 1. The van der Waals surface area contributed by atoms with Crippen LogP contribution in [0.1, 0.15) is 11.1 Å². The number of nitrogens with one attached hydrogen (secondary N) is 2. The number of nitrogens with zero attached hydrogens (tertiary/aromatic N) is 1. The highest BCUT2D eigenvalue weighted by Gasteiger charge is 2.18. The average molecular weight is 291 g/mol. The van der Waals surface area contributed by atoms with E-state index in [1.54, 1.807) is 43.7 Å². The van der Waals surface area contributed by atoms with E-state index in [4.69, 9.17) is 0 Å². The Labute approximate surface area is 119 Å². The summed E-state index contributed by atoms with van der Waals surface area (Å²) < 4.78 is 27.6. The number of anilines is 1. The summed E-state index contributed by atoms with van der Waals surface area (Å²) in [5, 5.41) is 2.97. The Morgan fingerprint density at radius 2 is 1.95 bits per heavy atom. The minimum absolute atomic E-state index is 0.283. The molecule has 20 heavy (non-hydrogen) atoms. The molecule has 0 saturated carbocycles. The lowest BCUT2D eigenvalue weighted by molar-refractivity contribution is 0.599. The third-order valence-electron chi connectivity index (χ3n) is 2.89. The first-order valence-electron chi connectivity index (χ1n) is 6.20. The third-order valence-corrected chi connectivity index (χ3v) is 4.36. The van der Waals surface area contributed by atoms with Gasteiger partial charge in [0.15, 0.2) is 0 Å². The first-order chi connectivity index (χ1) is 9.54. The summed E-state index contributed by atoms with van der Waals surface area (Å²) in [5.41, 5.74) is 2.05. The van der Waals surface area contributed by atoms with Gasteiger partial charge in [0.25, 0.3) is 10.0 Å². The number of pyridine rings is 1. The van der Waals surface area contributed by atoms with Gasteiger partial charge in [0.2, 0.25) is 0 Å². The van der Waals surface area contributed by atoms with Gasteiger partial charge in [-0.15, -0.1) is 0 Å². The van der Waals surface area contributed by atoms with Gasteiger partial charge in [-0.2, -0.15) is 0 Å². The lowest BCUT2D eigenvalue weighted by atomic mass is 10.2. The minimum atomic E-state index is -3.61.